The lowest BCUT2D eigenvalue weighted by Gasteiger charge is -2.14. The van der Waals surface area contributed by atoms with Gasteiger partial charge in [0.25, 0.3) is 0 Å². The minimum Gasteiger partial charge on any atom is -0.491 e. The molecule has 1 aromatic carbocycles. The van der Waals surface area contributed by atoms with Crippen LogP contribution >= 0.6 is 0 Å². The van der Waals surface area contributed by atoms with Gasteiger partial charge in [-0.3, -0.25) is 4.79 Å². The summed E-state index contributed by atoms with van der Waals surface area (Å²) in [6.45, 7) is 6.10. The van der Waals surface area contributed by atoms with Crippen molar-refractivity contribution >= 4 is 5.78 Å². The molecule has 17 heavy (non-hydrogen) atoms. The first-order chi connectivity index (χ1) is 8.13. The number of benzene rings is 1. The number of hydrogen-bond acceptors (Lipinski definition) is 3. The molecule has 3 nitrogen and oxygen atoms in total. The second-order valence-electron chi connectivity index (χ2n) is 3.98. The van der Waals surface area contributed by atoms with E-state index >= 15 is 0 Å². The van der Waals surface area contributed by atoms with Crippen molar-refractivity contribution in [3.63, 3.8) is 0 Å². The normalized spacial score (nSPS) is 10.4. The number of rotatable bonds is 6. The third kappa shape index (κ3) is 3.30. The molecule has 0 aromatic heterocycles. The summed E-state index contributed by atoms with van der Waals surface area (Å²) in [6, 6.07) is 3.75. The van der Waals surface area contributed by atoms with Crippen molar-refractivity contribution < 1.29 is 14.6 Å². The van der Waals surface area contributed by atoms with Crippen LogP contribution in [0.5, 0.6) is 5.75 Å². The smallest absolute Gasteiger partial charge is 0.162 e. The molecule has 94 valence electrons. The van der Waals surface area contributed by atoms with E-state index in [1.807, 2.05) is 32.9 Å². The van der Waals surface area contributed by atoms with E-state index < -0.39 is 0 Å². The fraction of sp³-hybridized carbons (Fsp3) is 0.500. The largest absolute Gasteiger partial charge is 0.491 e. The fourth-order valence-corrected chi connectivity index (χ4v) is 1.83. The molecule has 0 aliphatic heterocycles. The van der Waals surface area contributed by atoms with Gasteiger partial charge in [0.1, 0.15) is 12.4 Å². The van der Waals surface area contributed by atoms with Crippen LogP contribution in [0.3, 0.4) is 0 Å². The zero-order chi connectivity index (χ0) is 12.8. The minimum atomic E-state index is -0.00175. The van der Waals surface area contributed by atoms with Crippen LogP contribution in [0.2, 0.25) is 0 Å². The number of ketones is 1. The van der Waals surface area contributed by atoms with E-state index in [-0.39, 0.29) is 19.0 Å². The number of ether oxygens (including phenoxy) is 1. The third-order valence-corrected chi connectivity index (χ3v) is 2.71. The van der Waals surface area contributed by atoms with Gasteiger partial charge in [-0.1, -0.05) is 13.8 Å². The van der Waals surface area contributed by atoms with Gasteiger partial charge in [0, 0.05) is 12.0 Å². The van der Waals surface area contributed by atoms with Gasteiger partial charge >= 0.3 is 0 Å². The van der Waals surface area contributed by atoms with Crippen molar-refractivity contribution in [3.8, 4) is 5.75 Å². The lowest BCUT2D eigenvalue weighted by atomic mass is 9.99. The maximum atomic E-state index is 11.7. The Morgan fingerprint density at radius 3 is 2.59 bits per heavy atom. The highest BCUT2D eigenvalue weighted by Gasteiger charge is 2.11. The van der Waals surface area contributed by atoms with Crippen molar-refractivity contribution in [2.45, 2.75) is 33.6 Å². The van der Waals surface area contributed by atoms with Crippen LogP contribution in [0, 0.1) is 6.92 Å². The summed E-state index contributed by atoms with van der Waals surface area (Å²) in [5.41, 5.74) is 2.73. The van der Waals surface area contributed by atoms with E-state index in [1.165, 1.54) is 0 Å². The first-order valence-electron chi connectivity index (χ1n) is 6.04. The Hall–Kier alpha value is -1.35. The number of aliphatic hydroxyl groups excluding tert-OH is 1. The van der Waals surface area contributed by atoms with E-state index in [2.05, 4.69) is 0 Å². The second kappa shape index (κ2) is 6.40. The maximum absolute atomic E-state index is 11.7. The van der Waals surface area contributed by atoms with E-state index in [4.69, 9.17) is 9.84 Å². The van der Waals surface area contributed by atoms with Gasteiger partial charge in [0.15, 0.2) is 5.78 Å². The molecular formula is C14H20O3. The first-order valence-corrected chi connectivity index (χ1v) is 6.04. The number of carbonyl (C=O) groups excluding carboxylic acids is 1. The Morgan fingerprint density at radius 2 is 2.06 bits per heavy atom. The van der Waals surface area contributed by atoms with Crippen molar-refractivity contribution in [1.82, 2.24) is 0 Å². The monoisotopic (exact) mass is 236 g/mol. The molecule has 0 saturated carbocycles. The summed E-state index contributed by atoms with van der Waals surface area (Å²) in [4.78, 5) is 11.7. The molecule has 0 bridgehead atoms. The molecule has 1 rings (SSSR count). The topological polar surface area (TPSA) is 46.5 Å². The predicted octanol–water partition coefficient (Wildman–Crippen LogP) is 2.52. The molecule has 1 aromatic rings. The lowest BCUT2D eigenvalue weighted by Crippen LogP contribution is -2.07. The Bertz CT molecular complexity index is 397. The van der Waals surface area contributed by atoms with Crippen LogP contribution in [0.4, 0.5) is 0 Å². The highest BCUT2D eigenvalue weighted by Crippen LogP contribution is 2.26. The maximum Gasteiger partial charge on any atom is 0.162 e. The van der Waals surface area contributed by atoms with E-state index in [0.29, 0.717) is 6.42 Å². The van der Waals surface area contributed by atoms with E-state index in [0.717, 1.165) is 28.9 Å². The summed E-state index contributed by atoms with van der Waals surface area (Å²) in [6.07, 6.45) is 1.33. The lowest BCUT2D eigenvalue weighted by molar-refractivity contribution is 0.0988. The molecule has 0 radical (unpaired) electrons. The molecular weight excluding hydrogens is 216 g/mol. The van der Waals surface area contributed by atoms with Crippen LogP contribution in [-0.4, -0.2) is 24.1 Å². The Labute approximate surface area is 102 Å². The second-order valence-corrected chi connectivity index (χ2v) is 3.98. The summed E-state index contributed by atoms with van der Waals surface area (Å²) >= 11 is 0. The SMILES string of the molecule is CCC(=O)c1cc(C)c(OCCO)c(CC)c1. The summed E-state index contributed by atoms with van der Waals surface area (Å²) in [5.74, 6) is 0.950. The number of carbonyl (C=O) groups is 1. The van der Waals surface area contributed by atoms with E-state index in [9.17, 15) is 4.79 Å². The summed E-state index contributed by atoms with van der Waals surface area (Å²) in [5, 5.41) is 8.78. The zero-order valence-corrected chi connectivity index (χ0v) is 10.7. The fourth-order valence-electron chi connectivity index (χ4n) is 1.83. The van der Waals surface area contributed by atoms with Gasteiger partial charge in [-0.05, 0) is 36.6 Å². The van der Waals surface area contributed by atoms with Crippen LogP contribution < -0.4 is 4.74 Å². The molecule has 0 fully saturated rings. The standard InChI is InChI=1S/C14H20O3/c1-4-11-9-12(13(16)5-2)8-10(3)14(11)17-7-6-15/h8-9,15H,4-7H2,1-3H3. The van der Waals surface area contributed by atoms with Gasteiger partial charge in [-0.25, -0.2) is 0 Å². The van der Waals surface area contributed by atoms with E-state index in [1.54, 1.807) is 0 Å². The van der Waals surface area contributed by atoms with Gasteiger partial charge in [0.05, 0.1) is 6.61 Å². The summed E-state index contributed by atoms with van der Waals surface area (Å²) in [7, 11) is 0. The Kier molecular flexibility index (Phi) is 5.16. The molecule has 1 N–H and O–H groups in total. The van der Waals surface area contributed by atoms with Crippen molar-refractivity contribution in [2.75, 3.05) is 13.2 Å². The predicted molar refractivity (Wildman–Crippen MR) is 67.8 cm³/mol. The van der Waals surface area contributed by atoms with Gasteiger partial charge in [-0.15, -0.1) is 0 Å². The van der Waals surface area contributed by atoms with Gasteiger partial charge < -0.3 is 9.84 Å². The number of aryl methyl sites for hydroxylation is 2. The highest BCUT2D eigenvalue weighted by molar-refractivity contribution is 5.96. The molecule has 0 spiro atoms. The number of aliphatic hydroxyl groups is 1. The molecule has 0 heterocycles. The minimum absolute atomic E-state index is 0.00175. The molecule has 3 heteroatoms. The molecule has 0 atom stereocenters. The van der Waals surface area contributed by atoms with Gasteiger partial charge in [0.2, 0.25) is 0 Å². The molecule has 0 unspecified atom stereocenters. The average molecular weight is 236 g/mol. The molecule has 0 saturated heterocycles. The van der Waals surface area contributed by atoms with Crippen molar-refractivity contribution in [2.24, 2.45) is 0 Å². The van der Waals surface area contributed by atoms with Crippen LogP contribution in [-0.2, 0) is 6.42 Å². The zero-order valence-electron chi connectivity index (χ0n) is 10.7. The number of Topliss-reactive ketones (excluding diaryl/α,β-unsaturated/α-hetero) is 1. The molecule has 0 aliphatic carbocycles. The summed E-state index contributed by atoms with van der Waals surface area (Å²) < 4.78 is 5.52. The van der Waals surface area contributed by atoms with Crippen LogP contribution in [0.1, 0.15) is 41.8 Å². The van der Waals surface area contributed by atoms with Crippen molar-refractivity contribution in [3.05, 3.63) is 28.8 Å². The van der Waals surface area contributed by atoms with Crippen molar-refractivity contribution in [1.29, 1.82) is 0 Å². The van der Waals surface area contributed by atoms with Crippen LogP contribution in [0.25, 0.3) is 0 Å². The third-order valence-electron chi connectivity index (χ3n) is 2.71. The molecule has 0 aliphatic rings. The highest BCUT2D eigenvalue weighted by atomic mass is 16.5. The molecule has 0 amide bonds. The first kappa shape index (κ1) is 13.7. The van der Waals surface area contributed by atoms with Gasteiger partial charge in [-0.2, -0.15) is 0 Å². The Balaban J connectivity index is 3.11. The van der Waals surface area contributed by atoms with Crippen LogP contribution in [0.15, 0.2) is 12.1 Å². The number of hydrogen-bond donors (Lipinski definition) is 1. The quantitative estimate of drug-likeness (QED) is 0.772. The average Bonchev–Trinajstić information content (AvgIpc) is 2.35. The Morgan fingerprint density at radius 1 is 1.35 bits per heavy atom.